The van der Waals surface area contributed by atoms with Gasteiger partial charge in [0.25, 0.3) is 0 Å². The Morgan fingerprint density at radius 3 is 2.68 bits per heavy atom. The minimum Gasteiger partial charge on any atom is -0.506 e. The number of hydrogen-bond acceptors (Lipinski definition) is 4. The summed E-state index contributed by atoms with van der Waals surface area (Å²) >= 11 is 1.59. The Hall–Kier alpha value is -2.20. The molecule has 2 heterocycles. The molecule has 0 unspecified atom stereocenters. The van der Waals surface area contributed by atoms with E-state index in [1.54, 1.807) is 29.7 Å². The number of hydrogen-bond donors (Lipinski definition) is 1. The number of aromatic hydroxyl groups is 1. The zero-order valence-corrected chi connectivity index (χ0v) is 11.0. The second kappa shape index (κ2) is 5.20. The van der Waals surface area contributed by atoms with Crippen LogP contribution in [0.25, 0.3) is 11.3 Å². The predicted octanol–water partition coefficient (Wildman–Crippen LogP) is 3.50. The van der Waals surface area contributed by atoms with Crippen LogP contribution in [0.5, 0.6) is 5.75 Å². The van der Waals surface area contributed by atoms with Crippen LogP contribution in [0.2, 0.25) is 0 Å². The SMILES string of the molecule is Oc1cccnc1Cc1nc(-c2ccccc2)cs1. The van der Waals surface area contributed by atoms with E-state index in [-0.39, 0.29) is 5.75 Å². The van der Waals surface area contributed by atoms with Gasteiger partial charge in [0.05, 0.1) is 16.4 Å². The normalized spacial score (nSPS) is 10.5. The Labute approximate surface area is 115 Å². The zero-order chi connectivity index (χ0) is 13.1. The first-order valence-electron chi connectivity index (χ1n) is 5.95. The summed E-state index contributed by atoms with van der Waals surface area (Å²) in [4.78, 5) is 8.76. The van der Waals surface area contributed by atoms with E-state index in [0.717, 1.165) is 16.3 Å². The minimum atomic E-state index is 0.221. The van der Waals surface area contributed by atoms with Crippen molar-refractivity contribution in [3.8, 4) is 17.0 Å². The predicted molar refractivity (Wildman–Crippen MR) is 76.3 cm³/mol. The molecule has 0 spiro atoms. The van der Waals surface area contributed by atoms with Crippen LogP contribution in [-0.4, -0.2) is 15.1 Å². The van der Waals surface area contributed by atoms with Crippen LogP contribution in [0.15, 0.2) is 54.0 Å². The number of thiazole rings is 1. The van der Waals surface area contributed by atoms with E-state index >= 15 is 0 Å². The van der Waals surface area contributed by atoms with E-state index in [4.69, 9.17) is 0 Å². The molecule has 0 aliphatic heterocycles. The van der Waals surface area contributed by atoms with Gasteiger partial charge in [-0.15, -0.1) is 11.3 Å². The summed E-state index contributed by atoms with van der Waals surface area (Å²) in [5.41, 5.74) is 2.74. The summed E-state index contributed by atoms with van der Waals surface area (Å²) in [6.45, 7) is 0. The van der Waals surface area contributed by atoms with E-state index in [9.17, 15) is 5.11 Å². The van der Waals surface area contributed by atoms with Gasteiger partial charge in [-0.25, -0.2) is 4.98 Å². The summed E-state index contributed by atoms with van der Waals surface area (Å²) in [7, 11) is 0. The molecular formula is C15H12N2OS. The van der Waals surface area contributed by atoms with Gasteiger partial charge in [-0.05, 0) is 12.1 Å². The van der Waals surface area contributed by atoms with Gasteiger partial charge in [-0.1, -0.05) is 30.3 Å². The molecule has 3 rings (SSSR count). The molecule has 2 aromatic heterocycles. The van der Waals surface area contributed by atoms with Gasteiger partial charge in [0.15, 0.2) is 0 Å². The molecule has 0 saturated carbocycles. The molecule has 1 aromatic carbocycles. The Balaban J connectivity index is 1.85. The van der Waals surface area contributed by atoms with Crippen LogP contribution in [0.4, 0.5) is 0 Å². The lowest BCUT2D eigenvalue weighted by molar-refractivity contribution is 0.465. The maximum atomic E-state index is 9.71. The van der Waals surface area contributed by atoms with Gasteiger partial charge >= 0.3 is 0 Å². The molecule has 0 saturated heterocycles. The molecule has 94 valence electrons. The van der Waals surface area contributed by atoms with Gasteiger partial charge in [-0.3, -0.25) is 4.98 Å². The molecule has 0 bridgehead atoms. The molecule has 0 aliphatic rings. The molecule has 0 amide bonds. The number of benzene rings is 1. The molecule has 0 radical (unpaired) electrons. The fraction of sp³-hybridized carbons (Fsp3) is 0.0667. The third-order valence-corrected chi connectivity index (χ3v) is 3.65. The average Bonchev–Trinajstić information content (AvgIpc) is 2.91. The van der Waals surface area contributed by atoms with Crippen LogP contribution in [-0.2, 0) is 6.42 Å². The Morgan fingerprint density at radius 1 is 1.05 bits per heavy atom. The molecule has 3 aromatic rings. The van der Waals surface area contributed by atoms with E-state index in [2.05, 4.69) is 9.97 Å². The molecule has 4 heteroatoms. The van der Waals surface area contributed by atoms with Crippen molar-refractivity contribution in [2.45, 2.75) is 6.42 Å². The van der Waals surface area contributed by atoms with Gasteiger partial charge in [-0.2, -0.15) is 0 Å². The fourth-order valence-electron chi connectivity index (χ4n) is 1.84. The Bertz CT molecular complexity index is 679. The molecule has 0 atom stereocenters. The molecule has 1 N–H and O–H groups in total. The quantitative estimate of drug-likeness (QED) is 0.790. The lowest BCUT2D eigenvalue weighted by atomic mass is 10.2. The molecule has 3 nitrogen and oxygen atoms in total. The van der Waals surface area contributed by atoms with Crippen molar-refractivity contribution in [1.29, 1.82) is 0 Å². The molecule has 19 heavy (non-hydrogen) atoms. The van der Waals surface area contributed by atoms with Crippen LogP contribution >= 0.6 is 11.3 Å². The highest BCUT2D eigenvalue weighted by atomic mass is 32.1. The first-order chi connectivity index (χ1) is 9.33. The maximum absolute atomic E-state index is 9.71. The molecule has 0 fully saturated rings. The van der Waals surface area contributed by atoms with E-state index < -0.39 is 0 Å². The first-order valence-corrected chi connectivity index (χ1v) is 6.83. The van der Waals surface area contributed by atoms with Crippen molar-refractivity contribution in [2.24, 2.45) is 0 Å². The summed E-state index contributed by atoms with van der Waals surface area (Å²) in [6, 6.07) is 13.4. The first kappa shape index (κ1) is 11.9. The van der Waals surface area contributed by atoms with Crippen molar-refractivity contribution in [2.75, 3.05) is 0 Å². The second-order valence-corrected chi connectivity index (χ2v) is 5.08. The standard InChI is InChI=1S/C15H12N2OS/c18-14-7-4-8-16-12(14)9-15-17-13(10-19-15)11-5-2-1-3-6-11/h1-8,10,18H,9H2. The highest BCUT2D eigenvalue weighted by Gasteiger charge is 2.08. The average molecular weight is 268 g/mol. The maximum Gasteiger partial charge on any atom is 0.137 e. The second-order valence-electron chi connectivity index (χ2n) is 4.14. The van der Waals surface area contributed by atoms with E-state index in [0.29, 0.717) is 12.1 Å². The van der Waals surface area contributed by atoms with Gasteiger partial charge in [0.1, 0.15) is 5.75 Å². The number of nitrogens with zero attached hydrogens (tertiary/aromatic N) is 2. The van der Waals surface area contributed by atoms with E-state index in [1.807, 2.05) is 35.7 Å². The topological polar surface area (TPSA) is 46.0 Å². The van der Waals surface area contributed by atoms with Crippen molar-refractivity contribution in [3.63, 3.8) is 0 Å². The Kier molecular flexibility index (Phi) is 3.25. The van der Waals surface area contributed by atoms with E-state index in [1.165, 1.54) is 0 Å². The minimum absolute atomic E-state index is 0.221. The van der Waals surface area contributed by atoms with Crippen LogP contribution in [0, 0.1) is 0 Å². The summed E-state index contributed by atoms with van der Waals surface area (Å²) in [5.74, 6) is 0.221. The summed E-state index contributed by atoms with van der Waals surface area (Å²) in [5, 5.41) is 12.7. The van der Waals surface area contributed by atoms with Crippen LogP contribution in [0.3, 0.4) is 0 Å². The highest BCUT2D eigenvalue weighted by Crippen LogP contribution is 2.24. The summed E-state index contributed by atoms with van der Waals surface area (Å²) < 4.78 is 0. The lowest BCUT2D eigenvalue weighted by Crippen LogP contribution is -1.91. The largest absolute Gasteiger partial charge is 0.506 e. The monoisotopic (exact) mass is 268 g/mol. The molecule has 0 aliphatic carbocycles. The fourth-order valence-corrected chi connectivity index (χ4v) is 2.65. The van der Waals surface area contributed by atoms with Gasteiger partial charge in [0, 0.05) is 23.6 Å². The molecular weight excluding hydrogens is 256 g/mol. The van der Waals surface area contributed by atoms with Gasteiger partial charge < -0.3 is 5.11 Å². The van der Waals surface area contributed by atoms with Crippen molar-refractivity contribution < 1.29 is 5.11 Å². The number of rotatable bonds is 3. The smallest absolute Gasteiger partial charge is 0.137 e. The van der Waals surface area contributed by atoms with Crippen LogP contribution < -0.4 is 0 Å². The van der Waals surface area contributed by atoms with Gasteiger partial charge in [0.2, 0.25) is 0 Å². The summed E-state index contributed by atoms with van der Waals surface area (Å²) in [6.07, 6.45) is 2.24. The van der Waals surface area contributed by atoms with Crippen molar-refractivity contribution in [3.05, 3.63) is 64.7 Å². The number of pyridine rings is 1. The number of aromatic nitrogens is 2. The highest BCUT2D eigenvalue weighted by molar-refractivity contribution is 7.10. The van der Waals surface area contributed by atoms with Crippen molar-refractivity contribution >= 4 is 11.3 Å². The Morgan fingerprint density at radius 2 is 1.89 bits per heavy atom. The third kappa shape index (κ3) is 2.63. The van der Waals surface area contributed by atoms with Crippen LogP contribution in [0.1, 0.15) is 10.7 Å². The lowest BCUT2D eigenvalue weighted by Gasteiger charge is -1.99. The van der Waals surface area contributed by atoms with Crippen molar-refractivity contribution in [1.82, 2.24) is 9.97 Å². The third-order valence-electron chi connectivity index (χ3n) is 2.81. The zero-order valence-electron chi connectivity index (χ0n) is 10.2.